The first-order valence-corrected chi connectivity index (χ1v) is 3.47. The van der Waals surface area contributed by atoms with Crippen LogP contribution >= 0.6 is 0 Å². The second kappa shape index (κ2) is 4.09. The van der Waals surface area contributed by atoms with Gasteiger partial charge in [-0.2, -0.15) is 0 Å². The van der Waals surface area contributed by atoms with Crippen molar-refractivity contribution in [1.29, 1.82) is 0 Å². The third-order valence-corrected chi connectivity index (χ3v) is 1.52. The molecule has 58 valence electrons. The fourth-order valence-electron chi connectivity index (χ4n) is 0.665. The second-order valence-electron chi connectivity index (χ2n) is 2.55. The smallest absolute Gasteiger partial charge is 0.306 e. The van der Waals surface area contributed by atoms with Gasteiger partial charge in [-0.25, -0.2) is 0 Å². The Bertz CT molecular complexity index is 138. The molecule has 0 fully saturated rings. The standard InChI is InChI=1S/C8H14O2/c1-4-6(2)5-7(3)8(9)10/h7H,2,4-5H2,1,3H3,(H,9,10)/t7-/m0/s1. The van der Waals surface area contributed by atoms with E-state index in [1.165, 1.54) is 0 Å². The maximum absolute atomic E-state index is 10.3. The maximum Gasteiger partial charge on any atom is 0.306 e. The van der Waals surface area contributed by atoms with Gasteiger partial charge in [-0.1, -0.05) is 26.0 Å². The summed E-state index contributed by atoms with van der Waals surface area (Å²) >= 11 is 0. The van der Waals surface area contributed by atoms with Crippen molar-refractivity contribution in [2.75, 3.05) is 0 Å². The second-order valence-corrected chi connectivity index (χ2v) is 2.55. The van der Waals surface area contributed by atoms with Gasteiger partial charge in [0.05, 0.1) is 5.92 Å². The lowest BCUT2D eigenvalue weighted by atomic mass is 10.0. The number of hydrogen-bond donors (Lipinski definition) is 1. The summed E-state index contributed by atoms with van der Waals surface area (Å²) in [7, 11) is 0. The molecule has 0 rings (SSSR count). The third kappa shape index (κ3) is 3.28. The summed E-state index contributed by atoms with van der Waals surface area (Å²) in [6.07, 6.45) is 1.48. The molecule has 2 nitrogen and oxygen atoms in total. The molecular formula is C8H14O2. The van der Waals surface area contributed by atoms with Crippen LogP contribution in [-0.4, -0.2) is 11.1 Å². The molecule has 1 atom stereocenters. The fourth-order valence-corrected chi connectivity index (χ4v) is 0.665. The Balaban J connectivity index is 3.68. The van der Waals surface area contributed by atoms with Crippen LogP contribution in [0, 0.1) is 5.92 Å². The van der Waals surface area contributed by atoms with Crippen LogP contribution in [0.15, 0.2) is 12.2 Å². The van der Waals surface area contributed by atoms with Crippen molar-refractivity contribution in [2.45, 2.75) is 26.7 Å². The number of carboxylic acid groups (broad SMARTS) is 1. The van der Waals surface area contributed by atoms with Crippen LogP contribution in [0.5, 0.6) is 0 Å². The minimum atomic E-state index is -0.741. The van der Waals surface area contributed by atoms with Crippen molar-refractivity contribution in [3.05, 3.63) is 12.2 Å². The van der Waals surface area contributed by atoms with E-state index in [2.05, 4.69) is 6.58 Å². The van der Waals surface area contributed by atoms with Crippen LogP contribution in [0.3, 0.4) is 0 Å². The molecule has 0 radical (unpaired) electrons. The number of aliphatic carboxylic acids is 1. The molecule has 0 aliphatic heterocycles. The van der Waals surface area contributed by atoms with Gasteiger partial charge in [0.15, 0.2) is 0 Å². The van der Waals surface area contributed by atoms with Crippen LogP contribution in [0.1, 0.15) is 26.7 Å². The van der Waals surface area contributed by atoms with Crippen molar-refractivity contribution in [3.8, 4) is 0 Å². The average molecular weight is 142 g/mol. The summed E-state index contributed by atoms with van der Waals surface area (Å²) in [5, 5.41) is 8.49. The number of carbonyl (C=O) groups is 1. The Hall–Kier alpha value is -0.790. The lowest BCUT2D eigenvalue weighted by molar-refractivity contribution is -0.141. The Morgan fingerprint density at radius 3 is 2.50 bits per heavy atom. The highest BCUT2D eigenvalue weighted by Gasteiger charge is 2.10. The van der Waals surface area contributed by atoms with Crippen LogP contribution in [0.25, 0.3) is 0 Å². The van der Waals surface area contributed by atoms with Gasteiger partial charge in [-0.3, -0.25) is 4.79 Å². The van der Waals surface area contributed by atoms with Gasteiger partial charge in [0.2, 0.25) is 0 Å². The van der Waals surface area contributed by atoms with E-state index < -0.39 is 5.97 Å². The molecule has 0 aromatic heterocycles. The van der Waals surface area contributed by atoms with E-state index in [1.54, 1.807) is 6.92 Å². The minimum absolute atomic E-state index is 0.285. The molecule has 0 aromatic carbocycles. The van der Waals surface area contributed by atoms with Crippen molar-refractivity contribution >= 4 is 5.97 Å². The predicted molar refractivity (Wildman–Crippen MR) is 40.8 cm³/mol. The number of allylic oxidation sites excluding steroid dienone is 1. The molecule has 0 aromatic rings. The van der Waals surface area contributed by atoms with Crippen LogP contribution in [0.2, 0.25) is 0 Å². The predicted octanol–water partition coefficient (Wildman–Crippen LogP) is 2.06. The Morgan fingerprint density at radius 1 is 1.70 bits per heavy atom. The van der Waals surface area contributed by atoms with Gasteiger partial charge in [0.25, 0.3) is 0 Å². The van der Waals surface area contributed by atoms with Crippen molar-refractivity contribution in [1.82, 2.24) is 0 Å². The molecule has 0 heterocycles. The molecule has 0 saturated heterocycles. The van der Waals surface area contributed by atoms with E-state index in [-0.39, 0.29) is 5.92 Å². The van der Waals surface area contributed by atoms with Gasteiger partial charge in [-0.15, -0.1) is 0 Å². The first kappa shape index (κ1) is 9.21. The lowest BCUT2D eigenvalue weighted by Crippen LogP contribution is -2.09. The first-order valence-electron chi connectivity index (χ1n) is 3.47. The topological polar surface area (TPSA) is 37.3 Å². The largest absolute Gasteiger partial charge is 0.481 e. The van der Waals surface area contributed by atoms with Crippen LogP contribution in [-0.2, 0) is 4.79 Å². The van der Waals surface area contributed by atoms with Gasteiger partial charge in [-0.05, 0) is 12.8 Å². The Labute approximate surface area is 61.6 Å². The van der Waals surface area contributed by atoms with Crippen LogP contribution in [0.4, 0.5) is 0 Å². The zero-order chi connectivity index (χ0) is 8.15. The summed E-state index contributed by atoms with van der Waals surface area (Å²) in [5.41, 5.74) is 1.01. The first-order chi connectivity index (χ1) is 4.57. The highest BCUT2D eigenvalue weighted by molar-refractivity contribution is 5.69. The summed E-state index contributed by atoms with van der Waals surface area (Å²) < 4.78 is 0. The summed E-state index contributed by atoms with van der Waals surface area (Å²) in [5.74, 6) is -1.03. The average Bonchev–Trinajstić information content (AvgIpc) is 1.87. The molecular weight excluding hydrogens is 128 g/mol. The quantitative estimate of drug-likeness (QED) is 0.610. The number of hydrogen-bond acceptors (Lipinski definition) is 1. The molecule has 0 bridgehead atoms. The van der Waals surface area contributed by atoms with Gasteiger partial charge in [0.1, 0.15) is 0 Å². The molecule has 0 aliphatic carbocycles. The number of carboxylic acids is 1. The normalized spacial score (nSPS) is 12.6. The molecule has 2 heteroatoms. The van der Waals surface area contributed by atoms with Crippen LogP contribution < -0.4 is 0 Å². The minimum Gasteiger partial charge on any atom is -0.481 e. The van der Waals surface area contributed by atoms with Crippen molar-refractivity contribution < 1.29 is 9.90 Å². The Kier molecular flexibility index (Phi) is 3.77. The van der Waals surface area contributed by atoms with Gasteiger partial charge in [0, 0.05) is 0 Å². The summed E-state index contributed by atoms with van der Waals surface area (Å²) in [4.78, 5) is 10.3. The molecule has 0 saturated carbocycles. The lowest BCUT2D eigenvalue weighted by Gasteiger charge is -2.05. The zero-order valence-corrected chi connectivity index (χ0v) is 6.55. The fraction of sp³-hybridized carbons (Fsp3) is 0.625. The molecule has 0 unspecified atom stereocenters. The third-order valence-electron chi connectivity index (χ3n) is 1.52. The SMILES string of the molecule is C=C(CC)C[C@H](C)C(=O)O. The van der Waals surface area contributed by atoms with E-state index in [4.69, 9.17) is 5.11 Å². The maximum atomic E-state index is 10.3. The highest BCUT2D eigenvalue weighted by Crippen LogP contribution is 2.11. The summed E-state index contributed by atoms with van der Waals surface area (Å²) in [6, 6.07) is 0. The van der Waals surface area contributed by atoms with E-state index in [1.807, 2.05) is 6.92 Å². The van der Waals surface area contributed by atoms with E-state index in [0.29, 0.717) is 6.42 Å². The van der Waals surface area contributed by atoms with Crippen molar-refractivity contribution in [2.24, 2.45) is 5.92 Å². The molecule has 0 spiro atoms. The molecule has 0 amide bonds. The monoisotopic (exact) mass is 142 g/mol. The van der Waals surface area contributed by atoms with Crippen molar-refractivity contribution in [3.63, 3.8) is 0 Å². The molecule has 10 heavy (non-hydrogen) atoms. The summed E-state index contributed by atoms with van der Waals surface area (Å²) in [6.45, 7) is 7.41. The highest BCUT2D eigenvalue weighted by atomic mass is 16.4. The zero-order valence-electron chi connectivity index (χ0n) is 6.55. The molecule has 1 N–H and O–H groups in total. The Morgan fingerprint density at radius 2 is 2.20 bits per heavy atom. The van der Waals surface area contributed by atoms with Gasteiger partial charge >= 0.3 is 5.97 Å². The van der Waals surface area contributed by atoms with E-state index in [9.17, 15) is 4.79 Å². The molecule has 0 aliphatic rings. The van der Waals surface area contributed by atoms with Gasteiger partial charge < -0.3 is 5.11 Å². The van der Waals surface area contributed by atoms with E-state index in [0.717, 1.165) is 12.0 Å². The van der Waals surface area contributed by atoms with E-state index >= 15 is 0 Å². The number of rotatable bonds is 4.